The molecule has 1 aliphatic carbocycles. The van der Waals surface area contributed by atoms with Gasteiger partial charge in [-0.1, -0.05) is 19.3 Å². The van der Waals surface area contributed by atoms with E-state index in [0.717, 1.165) is 31.4 Å². The predicted octanol–water partition coefficient (Wildman–Crippen LogP) is 1.09. The summed E-state index contributed by atoms with van der Waals surface area (Å²) < 4.78 is 1.74. The van der Waals surface area contributed by atoms with Crippen LogP contribution in [0.15, 0.2) is 12.3 Å². The van der Waals surface area contributed by atoms with Crippen molar-refractivity contribution in [2.45, 2.75) is 44.7 Å². The second-order valence-electron chi connectivity index (χ2n) is 5.95. The first-order valence-electron chi connectivity index (χ1n) is 7.73. The van der Waals surface area contributed by atoms with Gasteiger partial charge in [0.25, 0.3) is 0 Å². The summed E-state index contributed by atoms with van der Waals surface area (Å²) in [5.41, 5.74) is 0.930. The van der Waals surface area contributed by atoms with Crippen LogP contribution in [0, 0.1) is 5.92 Å². The predicted molar refractivity (Wildman–Crippen MR) is 77.3 cm³/mol. The largest absolute Gasteiger partial charge is 0.357 e. The first-order chi connectivity index (χ1) is 10.2. The number of hydrogen-bond donors (Lipinski definition) is 1. The Hall–Kier alpha value is -1.85. The van der Waals surface area contributed by atoms with Crippen molar-refractivity contribution in [2.24, 2.45) is 5.92 Å². The summed E-state index contributed by atoms with van der Waals surface area (Å²) in [7, 11) is 1.62. The summed E-state index contributed by atoms with van der Waals surface area (Å²) in [5.74, 6) is 0.246. The van der Waals surface area contributed by atoms with Crippen LogP contribution >= 0.6 is 0 Å². The lowest BCUT2D eigenvalue weighted by Gasteiger charge is -2.35. The molecule has 1 saturated carbocycles. The normalized spacial score (nSPS) is 22.7. The molecule has 0 radical (unpaired) electrons. The molecule has 0 aromatic carbocycles. The first-order valence-corrected chi connectivity index (χ1v) is 7.73. The van der Waals surface area contributed by atoms with Crippen LogP contribution in [-0.4, -0.2) is 40.1 Å². The highest BCUT2D eigenvalue weighted by molar-refractivity contribution is 5.83. The van der Waals surface area contributed by atoms with E-state index < -0.39 is 6.04 Å². The van der Waals surface area contributed by atoms with E-state index >= 15 is 0 Å². The molecule has 1 fully saturated rings. The van der Waals surface area contributed by atoms with Crippen molar-refractivity contribution in [2.75, 3.05) is 13.6 Å². The van der Waals surface area contributed by atoms with E-state index in [4.69, 9.17) is 0 Å². The van der Waals surface area contributed by atoms with Crippen molar-refractivity contribution in [3.8, 4) is 0 Å². The highest BCUT2D eigenvalue weighted by Crippen LogP contribution is 2.28. The minimum atomic E-state index is -0.415. The number of rotatable bonds is 2. The molecule has 1 aromatic rings. The lowest BCUT2D eigenvalue weighted by atomic mass is 9.88. The molecule has 6 nitrogen and oxygen atoms in total. The van der Waals surface area contributed by atoms with E-state index in [2.05, 4.69) is 10.4 Å². The fourth-order valence-corrected chi connectivity index (χ4v) is 3.43. The molecule has 3 rings (SSSR count). The Morgan fingerprint density at radius 2 is 2.05 bits per heavy atom. The van der Waals surface area contributed by atoms with Gasteiger partial charge >= 0.3 is 0 Å². The van der Waals surface area contributed by atoms with E-state index in [1.54, 1.807) is 17.9 Å². The number of hydrogen-bond acceptors (Lipinski definition) is 3. The number of carbonyl (C=O) groups is 2. The molecule has 0 bridgehead atoms. The lowest BCUT2D eigenvalue weighted by molar-refractivity contribution is -0.140. The first kappa shape index (κ1) is 14.1. The van der Waals surface area contributed by atoms with Crippen molar-refractivity contribution in [3.05, 3.63) is 18.0 Å². The van der Waals surface area contributed by atoms with E-state index in [-0.39, 0.29) is 17.7 Å². The van der Waals surface area contributed by atoms with Crippen LogP contribution < -0.4 is 5.32 Å². The maximum atomic E-state index is 12.7. The van der Waals surface area contributed by atoms with Gasteiger partial charge in [0.2, 0.25) is 11.8 Å². The third-order valence-electron chi connectivity index (χ3n) is 4.61. The summed E-state index contributed by atoms with van der Waals surface area (Å²) >= 11 is 0. The molecule has 2 heterocycles. The van der Waals surface area contributed by atoms with Gasteiger partial charge in [0.15, 0.2) is 0 Å². The molecule has 114 valence electrons. The van der Waals surface area contributed by atoms with Gasteiger partial charge in [-0.2, -0.15) is 5.10 Å². The molecule has 1 unspecified atom stereocenters. The van der Waals surface area contributed by atoms with Gasteiger partial charge in [0.1, 0.15) is 6.04 Å². The highest BCUT2D eigenvalue weighted by Gasteiger charge is 2.35. The number of nitrogens with zero attached hydrogens (tertiary/aromatic N) is 3. The van der Waals surface area contributed by atoms with Crippen molar-refractivity contribution >= 4 is 11.8 Å². The Bertz CT molecular complexity index is 534. The van der Waals surface area contributed by atoms with E-state index in [0.29, 0.717) is 13.1 Å². The zero-order valence-corrected chi connectivity index (χ0v) is 12.4. The van der Waals surface area contributed by atoms with E-state index in [9.17, 15) is 9.59 Å². The van der Waals surface area contributed by atoms with Crippen LogP contribution in [0.4, 0.5) is 0 Å². The average Bonchev–Trinajstić information content (AvgIpc) is 3.01. The van der Waals surface area contributed by atoms with Gasteiger partial charge in [-0.15, -0.1) is 0 Å². The molecule has 2 aliphatic rings. The molecule has 6 heteroatoms. The van der Waals surface area contributed by atoms with Gasteiger partial charge < -0.3 is 10.2 Å². The molecule has 1 N–H and O–H groups in total. The SMILES string of the molecule is CNC(=O)C1CN(C(=O)C2CCCCC2)Cc2ccnn21. The summed E-state index contributed by atoms with van der Waals surface area (Å²) in [6, 6.07) is 1.47. The van der Waals surface area contributed by atoms with Gasteiger partial charge in [0, 0.05) is 19.2 Å². The zero-order valence-electron chi connectivity index (χ0n) is 12.4. The molecule has 1 aliphatic heterocycles. The third kappa shape index (κ3) is 2.66. The van der Waals surface area contributed by atoms with Crippen LogP contribution in [0.1, 0.15) is 43.8 Å². The minimum absolute atomic E-state index is 0.0962. The average molecular weight is 290 g/mol. The molecule has 2 amide bonds. The van der Waals surface area contributed by atoms with Crippen molar-refractivity contribution < 1.29 is 9.59 Å². The van der Waals surface area contributed by atoms with Crippen molar-refractivity contribution in [3.63, 3.8) is 0 Å². The molecule has 1 aromatic heterocycles. The number of fused-ring (bicyclic) bond motifs is 1. The topological polar surface area (TPSA) is 67.2 Å². The maximum Gasteiger partial charge on any atom is 0.246 e. The Kier molecular flexibility index (Phi) is 3.94. The minimum Gasteiger partial charge on any atom is -0.357 e. The number of carbonyl (C=O) groups excluding carboxylic acids is 2. The zero-order chi connectivity index (χ0) is 14.8. The summed E-state index contributed by atoms with van der Waals surface area (Å²) in [6.07, 6.45) is 7.18. The smallest absolute Gasteiger partial charge is 0.246 e. The summed E-state index contributed by atoms with van der Waals surface area (Å²) in [5, 5.41) is 6.90. The van der Waals surface area contributed by atoms with Gasteiger partial charge in [-0.3, -0.25) is 14.3 Å². The van der Waals surface area contributed by atoms with Crippen molar-refractivity contribution in [1.29, 1.82) is 0 Å². The molecule has 0 spiro atoms. The summed E-state index contributed by atoms with van der Waals surface area (Å²) in [6.45, 7) is 0.979. The number of likely N-dealkylation sites (N-methyl/N-ethyl adjacent to an activating group) is 1. The fourth-order valence-electron chi connectivity index (χ4n) is 3.43. The van der Waals surface area contributed by atoms with E-state index in [1.807, 2.05) is 11.0 Å². The Morgan fingerprint density at radius 1 is 1.29 bits per heavy atom. The Balaban J connectivity index is 1.79. The second kappa shape index (κ2) is 5.87. The highest BCUT2D eigenvalue weighted by atomic mass is 16.2. The van der Waals surface area contributed by atoms with Gasteiger partial charge in [-0.05, 0) is 18.9 Å². The van der Waals surface area contributed by atoms with Gasteiger partial charge in [0.05, 0.1) is 18.8 Å². The lowest BCUT2D eigenvalue weighted by Crippen LogP contribution is -2.48. The molecular weight excluding hydrogens is 268 g/mol. The molecule has 1 atom stereocenters. The van der Waals surface area contributed by atoms with Gasteiger partial charge in [-0.25, -0.2) is 0 Å². The summed E-state index contributed by atoms with van der Waals surface area (Å²) in [4.78, 5) is 26.6. The number of nitrogens with one attached hydrogen (secondary N) is 1. The quantitative estimate of drug-likeness (QED) is 0.886. The monoisotopic (exact) mass is 290 g/mol. The Labute approximate surface area is 124 Å². The Morgan fingerprint density at radius 3 is 2.76 bits per heavy atom. The molecule has 0 saturated heterocycles. The third-order valence-corrected chi connectivity index (χ3v) is 4.61. The van der Waals surface area contributed by atoms with Crippen molar-refractivity contribution in [1.82, 2.24) is 20.0 Å². The fraction of sp³-hybridized carbons (Fsp3) is 0.667. The number of aromatic nitrogens is 2. The van der Waals surface area contributed by atoms with Crippen LogP contribution in [0.5, 0.6) is 0 Å². The maximum absolute atomic E-state index is 12.7. The van der Waals surface area contributed by atoms with E-state index in [1.165, 1.54) is 6.42 Å². The van der Waals surface area contributed by atoms with Crippen LogP contribution in [0.25, 0.3) is 0 Å². The van der Waals surface area contributed by atoms with Crippen LogP contribution in [0.2, 0.25) is 0 Å². The molecular formula is C15H22N4O2. The number of amides is 2. The van der Waals surface area contributed by atoms with Crippen LogP contribution in [-0.2, 0) is 16.1 Å². The standard InChI is InChI=1S/C15H22N4O2/c1-16-14(20)13-10-18(9-12-7-8-17-19(12)13)15(21)11-5-3-2-4-6-11/h7-8,11,13H,2-6,9-10H2,1H3,(H,16,20). The second-order valence-corrected chi connectivity index (χ2v) is 5.95. The molecule has 21 heavy (non-hydrogen) atoms. The van der Waals surface area contributed by atoms with Crippen LogP contribution in [0.3, 0.4) is 0 Å².